The maximum absolute atomic E-state index is 12.0. The summed E-state index contributed by atoms with van der Waals surface area (Å²) >= 11 is 0. The van der Waals surface area contributed by atoms with Gasteiger partial charge in [-0.05, 0) is 24.8 Å². The van der Waals surface area contributed by atoms with Crippen LogP contribution in [0.3, 0.4) is 0 Å². The van der Waals surface area contributed by atoms with E-state index in [-0.39, 0.29) is 24.5 Å². The third kappa shape index (κ3) is 3.68. The van der Waals surface area contributed by atoms with E-state index in [0.717, 1.165) is 32.1 Å². The number of likely N-dealkylation sites (tertiary alicyclic amines) is 1. The Morgan fingerprint density at radius 2 is 1.95 bits per heavy atom. The fraction of sp³-hybridized carbons (Fsp3) is 0.611. The number of carbonyl (C=O) groups excluding carboxylic acids is 1. The highest BCUT2D eigenvalue weighted by atomic mass is 16.5. The summed E-state index contributed by atoms with van der Waals surface area (Å²) in [5.41, 5.74) is 1.28. The van der Waals surface area contributed by atoms with Crippen LogP contribution in [-0.4, -0.2) is 47.3 Å². The molecule has 3 rings (SSSR count). The summed E-state index contributed by atoms with van der Waals surface area (Å²) in [6, 6.07) is 10.5. The highest BCUT2D eigenvalue weighted by Crippen LogP contribution is 2.29. The molecule has 0 radical (unpaired) electrons. The van der Waals surface area contributed by atoms with Crippen molar-refractivity contribution in [1.82, 2.24) is 4.90 Å². The molecule has 1 aliphatic carbocycles. The van der Waals surface area contributed by atoms with Gasteiger partial charge in [-0.15, -0.1) is 0 Å². The fourth-order valence-electron chi connectivity index (χ4n) is 3.63. The molecule has 2 aliphatic rings. The fourth-order valence-corrected chi connectivity index (χ4v) is 3.63. The van der Waals surface area contributed by atoms with E-state index in [0.29, 0.717) is 13.2 Å². The monoisotopic (exact) mass is 303 g/mol. The molecule has 3 atom stereocenters. The second kappa shape index (κ2) is 7.25. The summed E-state index contributed by atoms with van der Waals surface area (Å²) in [4.78, 5) is 13.9. The third-order valence-corrected chi connectivity index (χ3v) is 4.77. The molecule has 1 aliphatic heterocycles. The summed E-state index contributed by atoms with van der Waals surface area (Å²) in [5.74, 6) is 0.0797. The molecule has 0 aromatic heterocycles. The summed E-state index contributed by atoms with van der Waals surface area (Å²) in [5, 5.41) is 9.71. The lowest BCUT2D eigenvalue weighted by Gasteiger charge is -2.37. The standard InChI is InChI=1S/C18H25NO3/c20-15-12-18(21)19(13-15)16-8-4-5-9-17(16)22-11-10-14-6-2-1-3-7-14/h1-3,6-7,15-17,20H,4-5,8-13H2/t15?,16-,17+/m1/s1. The van der Waals surface area contributed by atoms with Crippen LogP contribution in [0.25, 0.3) is 0 Å². The van der Waals surface area contributed by atoms with Crippen LogP contribution < -0.4 is 0 Å². The van der Waals surface area contributed by atoms with Crippen molar-refractivity contribution in [3.05, 3.63) is 35.9 Å². The molecular weight excluding hydrogens is 278 g/mol. The molecule has 1 aromatic carbocycles. The first-order valence-electron chi connectivity index (χ1n) is 8.37. The lowest BCUT2D eigenvalue weighted by atomic mass is 9.91. The highest BCUT2D eigenvalue weighted by Gasteiger charge is 2.38. The van der Waals surface area contributed by atoms with Crippen molar-refractivity contribution >= 4 is 5.91 Å². The number of rotatable bonds is 5. The van der Waals surface area contributed by atoms with Gasteiger partial charge in [0, 0.05) is 6.54 Å². The molecule has 0 spiro atoms. The summed E-state index contributed by atoms with van der Waals surface area (Å²) in [6.07, 6.45) is 5.10. The van der Waals surface area contributed by atoms with Gasteiger partial charge in [-0.25, -0.2) is 0 Å². The van der Waals surface area contributed by atoms with E-state index in [1.54, 1.807) is 0 Å². The second-order valence-corrected chi connectivity index (χ2v) is 6.40. The lowest BCUT2D eigenvalue weighted by molar-refractivity contribution is -0.134. The number of aliphatic hydroxyl groups is 1. The predicted molar refractivity (Wildman–Crippen MR) is 84.5 cm³/mol. The first kappa shape index (κ1) is 15.5. The molecule has 4 heteroatoms. The molecule has 4 nitrogen and oxygen atoms in total. The van der Waals surface area contributed by atoms with Crippen LogP contribution in [0.5, 0.6) is 0 Å². The van der Waals surface area contributed by atoms with Gasteiger partial charge in [-0.3, -0.25) is 4.79 Å². The van der Waals surface area contributed by atoms with Crippen molar-refractivity contribution in [2.24, 2.45) is 0 Å². The predicted octanol–water partition coefficient (Wildman–Crippen LogP) is 2.15. The van der Waals surface area contributed by atoms with Gasteiger partial charge in [-0.1, -0.05) is 43.2 Å². The molecule has 1 saturated heterocycles. The highest BCUT2D eigenvalue weighted by molar-refractivity contribution is 5.79. The number of amides is 1. The topological polar surface area (TPSA) is 49.8 Å². The Kier molecular flexibility index (Phi) is 5.11. The molecule has 1 saturated carbocycles. The van der Waals surface area contributed by atoms with Crippen molar-refractivity contribution in [2.75, 3.05) is 13.2 Å². The number of nitrogens with zero attached hydrogens (tertiary/aromatic N) is 1. The van der Waals surface area contributed by atoms with E-state index in [1.807, 2.05) is 23.1 Å². The van der Waals surface area contributed by atoms with Gasteiger partial charge in [0.1, 0.15) is 0 Å². The normalized spacial score (nSPS) is 29.0. The van der Waals surface area contributed by atoms with Crippen LogP contribution in [0, 0.1) is 0 Å². The maximum Gasteiger partial charge on any atom is 0.225 e. The number of aliphatic hydroxyl groups excluding tert-OH is 1. The van der Waals surface area contributed by atoms with E-state index >= 15 is 0 Å². The van der Waals surface area contributed by atoms with Crippen molar-refractivity contribution in [2.45, 2.75) is 56.8 Å². The first-order valence-corrected chi connectivity index (χ1v) is 8.37. The third-order valence-electron chi connectivity index (χ3n) is 4.77. The van der Waals surface area contributed by atoms with Crippen LogP contribution in [0.4, 0.5) is 0 Å². The zero-order valence-corrected chi connectivity index (χ0v) is 13.0. The van der Waals surface area contributed by atoms with E-state index in [9.17, 15) is 9.90 Å². The van der Waals surface area contributed by atoms with Crippen molar-refractivity contribution in [1.29, 1.82) is 0 Å². The molecule has 1 amide bonds. The summed E-state index contributed by atoms with van der Waals surface area (Å²) in [7, 11) is 0. The van der Waals surface area contributed by atoms with E-state index < -0.39 is 6.10 Å². The number of hydrogen-bond donors (Lipinski definition) is 1. The average Bonchev–Trinajstić information content (AvgIpc) is 2.87. The smallest absolute Gasteiger partial charge is 0.225 e. The molecule has 1 N–H and O–H groups in total. The number of carbonyl (C=O) groups is 1. The Balaban J connectivity index is 1.55. The van der Waals surface area contributed by atoms with Crippen molar-refractivity contribution < 1.29 is 14.6 Å². The average molecular weight is 303 g/mol. The van der Waals surface area contributed by atoms with Gasteiger partial charge in [0.15, 0.2) is 0 Å². The van der Waals surface area contributed by atoms with E-state index in [2.05, 4.69) is 12.1 Å². The second-order valence-electron chi connectivity index (χ2n) is 6.40. The molecule has 1 unspecified atom stereocenters. The van der Waals surface area contributed by atoms with Gasteiger partial charge >= 0.3 is 0 Å². The minimum atomic E-state index is -0.501. The Hall–Kier alpha value is -1.39. The van der Waals surface area contributed by atoms with Crippen LogP contribution in [0.2, 0.25) is 0 Å². The Morgan fingerprint density at radius 1 is 1.18 bits per heavy atom. The Bertz CT molecular complexity index is 490. The zero-order valence-electron chi connectivity index (χ0n) is 13.0. The van der Waals surface area contributed by atoms with Gasteiger partial charge in [-0.2, -0.15) is 0 Å². The number of hydrogen-bond acceptors (Lipinski definition) is 3. The molecule has 1 aromatic rings. The molecule has 1 heterocycles. The maximum atomic E-state index is 12.0. The largest absolute Gasteiger partial charge is 0.391 e. The Labute approximate surface area is 132 Å². The van der Waals surface area contributed by atoms with Crippen LogP contribution in [0.1, 0.15) is 37.7 Å². The number of ether oxygens (including phenoxy) is 1. The molecule has 0 bridgehead atoms. The van der Waals surface area contributed by atoms with Gasteiger partial charge in [0.2, 0.25) is 5.91 Å². The van der Waals surface area contributed by atoms with Gasteiger partial charge < -0.3 is 14.7 Å². The SMILES string of the molecule is O=C1CC(O)CN1[C@@H]1CCCC[C@@H]1OCCc1ccccc1. The first-order chi connectivity index (χ1) is 10.7. The lowest BCUT2D eigenvalue weighted by Crippen LogP contribution is -2.47. The molecule has 22 heavy (non-hydrogen) atoms. The summed E-state index contributed by atoms with van der Waals surface area (Å²) in [6.45, 7) is 1.16. The van der Waals surface area contributed by atoms with E-state index in [1.165, 1.54) is 5.56 Å². The minimum absolute atomic E-state index is 0.0797. The van der Waals surface area contributed by atoms with Crippen molar-refractivity contribution in [3.8, 4) is 0 Å². The number of benzene rings is 1. The van der Waals surface area contributed by atoms with Crippen LogP contribution in [0.15, 0.2) is 30.3 Å². The van der Waals surface area contributed by atoms with Gasteiger partial charge in [0.25, 0.3) is 0 Å². The van der Waals surface area contributed by atoms with Crippen molar-refractivity contribution in [3.63, 3.8) is 0 Å². The molecule has 2 fully saturated rings. The van der Waals surface area contributed by atoms with Gasteiger partial charge in [0.05, 0.1) is 31.3 Å². The quantitative estimate of drug-likeness (QED) is 0.907. The van der Waals surface area contributed by atoms with Crippen LogP contribution in [-0.2, 0) is 16.0 Å². The molecule has 120 valence electrons. The van der Waals surface area contributed by atoms with E-state index in [4.69, 9.17) is 4.74 Å². The number of β-amino-alcohol motifs (C(OH)–C–C–N with tert-alkyl or cyclic N) is 1. The molecular formula is C18H25NO3. The van der Waals surface area contributed by atoms with Crippen LogP contribution >= 0.6 is 0 Å². The summed E-state index contributed by atoms with van der Waals surface area (Å²) < 4.78 is 6.12. The Morgan fingerprint density at radius 3 is 2.68 bits per heavy atom. The zero-order chi connectivity index (χ0) is 15.4. The minimum Gasteiger partial charge on any atom is -0.391 e.